The number of nitrogens with zero attached hydrogens (tertiary/aromatic N) is 4. The Bertz CT molecular complexity index is 932. The van der Waals surface area contributed by atoms with Crippen LogP contribution in [0.15, 0.2) is 23.3 Å². The Kier molecular flexibility index (Phi) is 6.08. The van der Waals surface area contributed by atoms with Gasteiger partial charge in [-0.1, -0.05) is 11.6 Å². The molecule has 1 amide bonds. The first kappa shape index (κ1) is 21.4. The Morgan fingerprint density at radius 2 is 2.07 bits per heavy atom. The molecule has 1 saturated heterocycles. The van der Waals surface area contributed by atoms with Crippen molar-refractivity contribution in [1.29, 1.82) is 0 Å². The minimum Gasteiger partial charge on any atom is -0.444 e. The number of imidazole rings is 1. The lowest BCUT2D eigenvalue weighted by Gasteiger charge is -2.34. The van der Waals surface area contributed by atoms with E-state index in [1.807, 2.05) is 37.6 Å². The van der Waals surface area contributed by atoms with Gasteiger partial charge in [-0.2, -0.15) is 0 Å². The van der Waals surface area contributed by atoms with E-state index in [4.69, 9.17) is 16.3 Å². The standard InChI is InChI=1S/C21H29ClN4O3/c1-14-9-16(12-24(5)19(14)27)18-23-17(22)13-26(18)11-15-7-6-8-25(10-15)20(28)29-21(2,3)4/h9,12-13,15H,6-8,10-11H2,1-5H3. The summed E-state index contributed by atoms with van der Waals surface area (Å²) in [6.07, 6.45) is 5.27. The lowest BCUT2D eigenvalue weighted by molar-refractivity contribution is 0.0157. The quantitative estimate of drug-likeness (QED) is 0.756. The maximum absolute atomic E-state index is 12.4. The van der Waals surface area contributed by atoms with Crippen LogP contribution in [0.25, 0.3) is 11.4 Å². The number of carbonyl (C=O) groups excluding carboxylic acids is 1. The predicted octanol–water partition coefficient (Wildman–Crippen LogP) is 3.86. The van der Waals surface area contributed by atoms with Gasteiger partial charge >= 0.3 is 6.09 Å². The van der Waals surface area contributed by atoms with E-state index in [1.54, 1.807) is 29.6 Å². The van der Waals surface area contributed by atoms with Gasteiger partial charge < -0.3 is 18.8 Å². The highest BCUT2D eigenvalue weighted by Gasteiger charge is 2.28. The number of hydrogen-bond acceptors (Lipinski definition) is 4. The smallest absolute Gasteiger partial charge is 0.410 e. The van der Waals surface area contributed by atoms with E-state index in [0.29, 0.717) is 30.4 Å². The van der Waals surface area contributed by atoms with Gasteiger partial charge in [0.15, 0.2) is 0 Å². The van der Waals surface area contributed by atoms with E-state index in [9.17, 15) is 9.59 Å². The highest BCUT2D eigenvalue weighted by molar-refractivity contribution is 6.29. The van der Waals surface area contributed by atoms with Gasteiger partial charge in [0.25, 0.3) is 5.56 Å². The zero-order valence-electron chi connectivity index (χ0n) is 17.7. The molecule has 0 radical (unpaired) electrons. The number of aryl methyl sites for hydroxylation is 2. The molecule has 0 N–H and O–H groups in total. The van der Waals surface area contributed by atoms with Gasteiger partial charge in [-0.05, 0) is 52.5 Å². The first-order valence-corrected chi connectivity index (χ1v) is 10.3. The fraction of sp³-hybridized carbons (Fsp3) is 0.571. The Morgan fingerprint density at radius 3 is 2.72 bits per heavy atom. The number of halogens is 1. The summed E-state index contributed by atoms with van der Waals surface area (Å²) >= 11 is 6.21. The normalized spacial score (nSPS) is 17.4. The molecule has 2 aromatic heterocycles. The summed E-state index contributed by atoms with van der Waals surface area (Å²) in [5.74, 6) is 0.997. The van der Waals surface area contributed by atoms with Crippen molar-refractivity contribution in [2.24, 2.45) is 13.0 Å². The third-order valence-electron chi connectivity index (χ3n) is 4.99. The van der Waals surface area contributed by atoms with Crippen molar-refractivity contribution in [1.82, 2.24) is 19.0 Å². The Balaban J connectivity index is 1.79. The molecule has 1 unspecified atom stereocenters. The number of aromatic nitrogens is 3. The molecule has 1 fully saturated rings. The van der Waals surface area contributed by atoms with E-state index < -0.39 is 5.60 Å². The number of carbonyl (C=O) groups is 1. The number of hydrogen-bond donors (Lipinski definition) is 0. The van der Waals surface area contributed by atoms with E-state index in [1.165, 1.54) is 0 Å². The zero-order chi connectivity index (χ0) is 21.3. The summed E-state index contributed by atoms with van der Waals surface area (Å²) in [5.41, 5.74) is 0.967. The molecular formula is C21H29ClN4O3. The van der Waals surface area contributed by atoms with Crippen molar-refractivity contribution in [3.63, 3.8) is 0 Å². The maximum atomic E-state index is 12.4. The summed E-state index contributed by atoms with van der Waals surface area (Å²) in [5, 5.41) is 0.409. The van der Waals surface area contributed by atoms with Crippen molar-refractivity contribution < 1.29 is 9.53 Å². The third kappa shape index (κ3) is 5.21. The van der Waals surface area contributed by atoms with E-state index in [-0.39, 0.29) is 17.6 Å². The number of pyridine rings is 1. The van der Waals surface area contributed by atoms with Crippen LogP contribution in [0.1, 0.15) is 39.2 Å². The lowest BCUT2D eigenvalue weighted by atomic mass is 9.98. The molecule has 2 aromatic rings. The summed E-state index contributed by atoms with van der Waals surface area (Å²) in [6, 6.07) is 1.84. The highest BCUT2D eigenvalue weighted by Crippen LogP contribution is 2.26. The van der Waals surface area contributed by atoms with Crippen LogP contribution in [0.3, 0.4) is 0 Å². The zero-order valence-corrected chi connectivity index (χ0v) is 18.5. The average Bonchev–Trinajstić information content (AvgIpc) is 2.98. The number of likely N-dealkylation sites (tertiary alicyclic amines) is 1. The SMILES string of the molecule is Cc1cc(-c2nc(Cl)cn2CC2CCCN(C(=O)OC(C)(C)C)C2)cn(C)c1=O. The molecule has 0 bridgehead atoms. The fourth-order valence-corrected chi connectivity index (χ4v) is 3.94. The minimum atomic E-state index is -0.504. The number of ether oxygens (including phenoxy) is 1. The van der Waals surface area contributed by atoms with Crippen molar-refractivity contribution >= 4 is 17.7 Å². The van der Waals surface area contributed by atoms with Gasteiger partial charge in [-0.25, -0.2) is 9.78 Å². The second-order valence-electron chi connectivity index (χ2n) is 8.80. The fourth-order valence-electron chi connectivity index (χ4n) is 3.74. The van der Waals surface area contributed by atoms with Crippen LogP contribution in [0.5, 0.6) is 0 Å². The van der Waals surface area contributed by atoms with Crippen LogP contribution >= 0.6 is 11.6 Å². The summed E-state index contributed by atoms with van der Waals surface area (Å²) in [7, 11) is 1.73. The van der Waals surface area contributed by atoms with Crippen LogP contribution in [-0.4, -0.2) is 43.8 Å². The third-order valence-corrected chi connectivity index (χ3v) is 5.18. The molecule has 1 aliphatic heterocycles. The summed E-state index contributed by atoms with van der Waals surface area (Å²) < 4.78 is 9.10. The second-order valence-corrected chi connectivity index (χ2v) is 9.19. The molecule has 0 saturated carbocycles. The van der Waals surface area contributed by atoms with E-state index >= 15 is 0 Å². The maximum Gasteiger partial charge on any atom is 0.410 e. The molecule has 0 aromatic carbocycles. The molecule has 0 aliphatic carbocycles. The van der Waals surface area contributed by atoms with Crippen molar-refractivity contribution in [3.05, 3.63) is 39.5 Å². The molecule has 0 spiro atoms. The molecule has 8 heteroatoms. The lowest BCUT2D eigenvalue weighted by Crippen LogP contribution is -2.43. The Hall–Kier alpha value is -2.28. The first-order chi connectivity index (χ1) is 13.5. The van der Waals surface area contributed by atoms with Crippen molar-refractivity contribution in [3.8, 4) is 11.4 Å². The van der Waals surface area contributed by atoms with Crippen LogP contribution in [0.2, 0.25) is 5.15 Å². The molecule has 7 nitrogen and oxygen atoms in total. The van der Waals surface area contributed by atoms with Crippen molar-refractivity contribution in [2.75, 3.05) is 13.1 Å². The van der Waals surface area contributed by atoms with Gasteiger partial charge in [0.1, 0.15) is 16.6 Å². The van der Waals surface area contributed by atoms with E-state index in [0.717, 1.165) is 24.2 Å². The number of amides is 1. The van der Waals surface area contributed by atoms with Gasteiger partial charge in [-0.3, -0.25) is 4.79 Å². The van der Waals surface area contributed by atoms with Gasteiger partial charge in [0, 0.05) is 50.2 Å². The predicted molar refractivity (Wildman–Crippen MR) is 113 cm³/mol. The molecule has 29 heavy (non-hydrogen) atoms. The van der Waals surface area contributed by atoms with Gasteiger partial charge in [-0.15, -0.1) is 0 Å². The summed E-state index contributed by atoms with van der Waals surface area (Å²) in [4.78, 5) is 30.7. The molecule has 1 atom stereocenters. The molecule has 1 aliphatic rings. The first-order valence-electron chi connectivity index (χ1n) is 9.92. The van der Waals surface area contributed by atoms with Crippen LogP contribution < -0.4 is 5.56 Å². The van der Waals surface area contributed by atoms with E-state index in [2.05, 4.69) is 4.98 Å². The largest absolute Gasteiger partial charge is 0.444 e. The summed E-state index contributed by atoms with van der Waals surface area (Å²) in [6.45, 7) is 9.46. The average molecular weight is 421 g/mol. The minimum absolute atomic E-state index is 0.0294. The molecule has 158 valence electrons. The molecule has 3 heterocycles. The van der Waals surface area contributed by atoms with Gasteiger partial charge in [0.2, 0.25) is 0 Å². The van der Waals surface area contributed by atoms with Crippen LogP contribution in [0, 0.1) is 12.8 Å². The second kappa shape index (κ2) is 8.22. The van der Waals surface area contributed by atoms with Crippen LogP contribution in [0.4, 0.5) is 4.79 Å². The van der Waals surface area contributed by atoms with Gasteiger partial charge in [0.05, 0.1) is 0 Å². The molecule has 3 rings (SSSR count). The topological polar surface area (TPSA) is 69.4 Å². The van der Waals surface area contributed by atoms with Crippen LogP contribution in [-0.2, 0) is 18.3 Å². The molecular weight excluding hydrogens is 392 g/mol. The van der Waals surface area contributed by atoms with Crippen molar-refractivity contribution in [2.45, 2.75) is 52.7 Å². The Labute approximate surface area is 176 Å². The Morgan fingerprint density at radius 1 is 1.34 bits per heavy atom. The number of rotatable bonds is 3. The monoisotopic (exact) mass is 420 g/mol. The number of piperidine rings is 1. The highest BCUT2D eigenvalue weighted by atomic mass is 35.5.